The molecule has 0 saturated heterocycles. The lowest BCUT2D eigenvalue weighted by Gasteiger charge is -2.25. The Morgan fingerprint density at radius 2 is 2.03 bits per heavy atom. The van der Waals surface area contributed by atoms with E-state index in [1.165, 1.54) is 16.7 Å². The van der Waals surface area contributed by atoms with Crippen LogP contribution in [0.4, 0.5) is 0 Å². The molecule has 2 aromatic carbocycles. The van der Waals surface area contributed by atoms with Crippen LogP contribution in [-0.4, -0.2) is 41.3 Å². The van der Waals surface area contributed by atoms with Crippen molar-refractivity contribution in [3.05, 3.63) is 58.3 Å². The van der Waals surface area contributed by atoms with E-state index in [1.807, 2.05) is 12.1 Å². The summed E-state index contributed by atoms with van der Waals surface area (Å²) >= 11 is 0. The van der Waals surface area contributed by atoms with E-state index >= 15 is 0 Å². The van der Waals surface area contributed by atoms with Crippen LogP contribution in [0, 0.1) is 6.92 Å². The number of aromatic nitrogens is 1. The van der Waals surface area contributed by atoms with Crippen LogP contribution in [0.15, 0.2) is 34.9 Å². The van der Waals surface area contributed by atoms with Crippen LogP contribution in [0.5, 0.6) is 5.75 Å². The number of hydrogen-bond acceptors (Lipinski definition) is 5. The first kappa shape index (κ1) is 24.0. The highest BCUT2D eigenvalue weighted by Crippen LogP contribution is 2.42. The molecule has 0 bridgehead atoms. The Balaban J connectivity index is 1.89. The van der Waals surface area contributed by atoms with E-state index in [1.54, 1.807) is 0 Å². The Morgan fingerprint density at radius 3 is 2.74 bits per heavy atom. The number of unbranched alkanes of at least 4 members (excludes halogenated alkanes) is 1. The van der Waals surface area contributed by atoms with Crippen molar-refractivity contribution in [3.63, 3.8) is 0 Å². The number of hydrogen-bond donors (Lipinski definition) is 1. The molecule has 1 aliphatic rings. The molecule has 3 aromatic rings. The third-order valence-corrected chi connectivity index (χ3v) is 6.58. The van der Waals surface area contributed by atoms with Gasteiger partial charge in [0, 0.05) is 13.1 Å². The van der Waals surface area contributed by atoms with Crippen molar-refractivity contribution in [1.82, 2.24) is 10.1 Å². The maximum Gasteiger partial charge on any atom is 0.358 e. The maximum absolute atomic E-state index is 12.1. The number of likely N-dealkylation sites (N-methyl/N-ethyl adjacent to an activating group) is 1. The lowest BCUT2D eigenvalue weighted by atomic mass is 9.90. The predicted molar refractivity (Wildman–Crippen MR) is 134 cm³/mol. The zero-order valence-electron chi connectivity index (χ0n) is 20.8. The molecule has 6 nitrogen and oxygen atoms in total. The minimum Gasteiger partial charge on any atom is -0.493 e. The van der Waals surface area contributed by atoms with E-state index in [-0.39, 0.29) is 5.69 Å². The number of benzene rings is 2. The van der Waals surface area contributed by atoms with Crippen molar-refractivity contribution >= 4 is 5.97 Å². The van der Waals surface area contributed by atoms with Gasteiger partial charge in [-0.25, -0.2) is 4.79 Å². The molecule has 0 radical (unpaired) electrons. The summed E-state index contributed by atoms with van der Waals surface area (Å²) in [5, 5.41) is 13.9. The van der Waals surface area contributed by atoms with Gasteiger partial charge in [-0.15, -0.1) is 0 Å². The summed E-state index contributed by atoms with van der Waals surface area (Å²) in [5.74, 6) is 0.338. The molecule has 0 amide bonds. The molecule has 1 aromatic heterocycles. The summed E-state index contributed by atoms with van der Waals surface area (Å²) in [7, 11) is 2.11. The molecule has 0 spiro atoms. The molecule has 1 aliphatic heterocycles. The van der Waals surface area contributed by atoms with Gasteiger partial charge in [-0.05, 0) is 72.7 Å². The second-order valence-electron chi connectivity index (χ2n) is 9.57. The van der Waals surface area contributed by atoms with Crippen molar-refractivity contribution in [1.29, 1.82) is 0 Å². The summed E-state index contributed by atoms with van der Waals surface area (Å²) in [6.45, 7) is 11.0. The number of nitrogens with zero attached hydrogens (tertiary/aromatic N) is 2. The monoisotopic (exact) mass is 462 g/mol. The fraction of sp³-hybridized carbons (Fsp3) is 0.429. The molecule has 1 N–H and O–H groups in total. The Hall–Kier alpha value is -3.12. The van der Waals surface area contributed by atoms with Crippen molar-refractivity contribution in [2.24, 2.45) is 0 Å². The van der Waals surface area contributed by atoms with E-state index in [0.717, 1.165) is 49.0 Å². The Labute approximate surface area is 201 Å². The predicted octanol–water partition coefficient (Wildman–Crippen LogP) is 6.31. The molecular weight excluding hydrogens is 428 g/mol. The Bertz CT molecular complexity index is 1200. The third kappa shape index (κ3) is 4.73. The number of fused-ring (bicyclic) bond motifs is 1. The lowest BCUT2D eigenvalue weighted by molar-refractivity contribution is 0.0686. The van der Waals surface area contributed by atoms with Crippen molar-refractivity contribution < 1.29 is 19.2 Å². The summed E-state index contributed by atoms with van der Waals surface area (Å²) < 4.78 is 11.9. The van der Waals surface area contributed by atoms with Crippen LogP contribution in [-0.2, 0) is 13.0 Å². The first-order valence-electron chi connectivity index (χ1n) is 12.1. The van der Waals surface area contributed by atoms with E-state index in [2.05, 4.69) is 63.0 Å². The molecule has 0 unspecified atom stereocenters. The van der Waals surface area contributed by atoms with Gasteiger partial charge in [-0.2, -0.15) is 0 Å². The minimum atomic E-state index is -1.10. The third-order valence-electron chi connectivity index (χ3n) is 6.58. The lowest BCUT2D eigenvalue weighted by Crippen LogP contribution is -2.26. The van der Waals surface area contributed by atoms with Crippen LogP contribution >= 0.6 is 0 Å². The van der Waals surface area contributed by atoms with E-state index < -0.39 is 5.97 Å². The van der Waals surface area contributed by atoms with Gasteiger partial charge in [0.05, 0.1) is 17.7 Å². The fourth-order valence-electron chi connectivity index (χ4n) is 4.68. The van der Waals surface area contributed by atoms with E-state index in [0.29, 0.717) is 29.6 Å². The number of aryl methyl sites for hydroxylation is 1. The van der Waals surface area contributed by atoms with E-state index in [9.17, 15) is 9.90 Å². The van der Waals surface area contributed by atoms with Gasteiger partial charge in [0.25, 0.3) is 0 Å². The second-order valence-corrected chi connectivity index (χ2v) is 9.57. The summed E-state index contributed by atoms with van der Waals surface area (Å²) in [6, 6.07) is 10.3. The zero-order chi connectivity index (χ0) is 24.4. The Morgan fingerprint density at radius 1 is 1.24 bits per heavy atom. The van der Waals surface area contributed by atoms with Crippen LogP contribution in [0.2, 0.25) is 0 Å². The average Bonchev–Trinajstić information content (AvgIpc) is 3.24. The molecule has 6 heteroatoms. The minimum absolute atomic E-state index is 0.0749. The van der Waals surface area contributed by atoms with Crippen molar-refractivity contribution in [2.45, 2.75) is 59.4 Å². The highest BCUT2D eigenvalue weighted by Gasteiger charge is 2.28. The van der Waals surface area contributed by atoms with Crippen LogP contribution in [0.1, 0.15) is 72.3 Å². The van der Waals surface area contributed by atoms with Gasteiger partial charge < -0.3 is 19.3 Å². The molecule has 180 valence electrons. The number of aromatic carboxylic acids is 1. The normalized spacial score (nSPS) is 13.8. The van der Waals surface area contributed by atoms with Crippen molar-refractivity contribution in [3.8, 4) is 28.2 Å². The smallest absolute Gasteiger partial charge is 0.358 e. The molecule has 0 saturated carbocycles. The first-order valence-corrected chi connectivity index (χ1v) is 12.1. The standard InChI is InChI=1S/C28H34N2O4/c1-6-7-12-33-24-13-18(4)22(17(2)3)15-23(24)27-25(26(28(31)32)29-34-27)20-8-9-21-16-30(5)11-10-19(21)14-20/h8-9,13-15,17H,6-7,10-12,16H2,1-5H3,(H,31,32). The number of carboxylic acids is 1. The molecule has 0 atom stereocenters. The molecular formula is C28H34N2O4. The van der Waals surface area contributed by atoms with Gasteiger partial charge >= 0.3 is 5.97 Å². The number of carboxylic acid groups (broad SMARTS) is 1. The van der Waals surface area contributed by atoms with Crippen LogP contribution < -0.4 is 4.74 Å². The van der Waals surface area contributed by atoms with Crippen LogP contribution in [0.3, 0.4) is 0 Å². The second kappa shape index (κ2) is 10.0. The highest BCUT2D eigenvalue weighted by molar-refractivity contribution is 5.99. The molecule has 34 heavy (non-hydrogen) atoms. The fourth-order valence-corrected chi connectivity index (χ4v) is 4.68. The molecule has 0 fully saturated rings. The largest absolute Gasteiger partial charge is 0.493 e. The summed E-state index contributed by atoms with van der Waals surface area (Å²) in [4.78, 5) is 14.4. The molecule has 4 rings (SSSR count). The van der Waals surface area contributed by atoms with Gasteiger partial charge in [-0.1, -0.05) is 50.5 Å². The average molecular weight is 463 g/mol. The van der Waals surface area contributed by atoms with Gasteiger partial charge in [-0.3, -0.25) is 0 Å². The number of ether oxygens (including phenoxy) is 1. The van der Waals surface area contributed by atoms with E-state index in [4.69, 9.17) is 9.26 Å². The summed E-state index contributed by atoms with van der Waals surface area (Å²) in [5.41, 5.74) is 6.81. The SMILES string of the molecule is CCCCOc1cc(C)c(C(C)C)cc1-c1onc(C(=O)O)c1-c1ccc2c(c1)CCN(C)C2. The quantitative estimate of drug-likeness (QED) is 0.396. The van der Waals surface area contributed by atoms with Gasteiger partial charge in [0.2, 0.25) is 0 Å². The molecule has 0 aliphatic carbocycles. The first-order chi connectivity index (χ1) is 16.3. The maximum atomic E-state index is 12.1. The zero-order valence-corrected chi connectivity index (χ0v) is 20.8. The Kier molecular flexibility index (Phi) is 7.08. The van der Waals surface area contributed by atoms with Crippen LogP contribution in [0.25, 0.3) is 22.5 Å². The van der Waals surface area contributed by atoms with Gasteiger partial charge in [0.15, 0.2) is 11.5 Å². The number of carbonyl (C=O) groups is 1. The van der Waals surface area contributed by atoms with Gasteiger partial charge in [0.1, 0.15) is 5.75 Å². The topological polar surface area (TPSA) is 75.8 Å². The molecule has 2 heterocycles. The number of rotatable bonds is 8. The summed E-state index contributed by atoms with van der Waals surface area (Å²) in [6.07, 6.45) is 2.89. The van der Waals surface area contributed by atoms with Crippen molar-refractivity contribution in [2.75, 3.05) is 20.2 Å². The highest BCUT2D eigenvalue weighted by atomic mass is 16.5.